The van der Waals surface area contributed by atoms with Gasteiger partial charge >= 0.3 is 5.97 Å². The van der Waals surface area contributed by atoms with Crippen LogP contribution < -0.4 is 9.64 Å². The Labute approximate surface area is 204 Å². The van der Waals surface area contributed by atoms with Crippen molar-refractivity contribution in [1.82, 2.24) is 4.90 Å². The number of likely N-dealkylation sites (tertiary alicyclic amines) is 1. The van der Waals surface area contributed by atoms with Crippen LogP contribution in [0.25, 0.3) is 0 Å². The third-order valence-electron chi connectivity index (χ3n) is 7.18. The van der Waals surface area contributed by atoms with Gasteiger partial charge in [0.2, 0.25) is 5.91 Å². The van der Waals surface area contributed by atoms with Gasteiger partial charge < -0.3 is 29.1 Å². The van der Waals surface area contributed by atoms with Gasteiger partial charge in [-0.15, -0.1) is 13.2 Å². The lowest BCUT2D eigenvalue weighted by molar-refractivity contribution is -0.155. The van der Waals surface area contributed by atoms with Crippen LogP contribution in [0.1, 0.15) is 19.3 Å². The summed E-state index contributed by atoms with van der Waals surface area (Å²) in [4.78, 5) is 43.6. The number of carbonyl (C=O) groups is 3. The largest absolute Gasteiger partial charge is 0.497 e. The highest BCUT2D eigenvalue weighted by Gasteiger charge is 2.75. The predicted octanol–water partition coefficient (Wildman–Crippen LogP) is 1.70. The molecule has 0 radical (unpaired) electrons. The molecule has 9 nitrogen and oxygen atoms in total. The molecule has 188 valence electrons. The van der Waals surface area contributed by atoms with Crippen molar-refractivity contribution >= 4 is 23.5 Å². The molecule has 1 aromatic rings. The summed E-state index contributed by atoms with van der Waals surface area (Å²) >= 11 is 0. The lowest BCUT2D eigenvalue weighted by atomic mass is 9.70. The first-order valence-corrected chi connectivity index (χ1v) is 11.9. The Kier molecular flexibility index (Phi) is 7.28. The lowest BCUT2D eigenvalue weighted by Crippen LogP contribution is -2.56. The number of aliphatic hydroxyl groups excluding tert-OH is 1. The molecule has 0 aromatic heterocycles. The molecule has 3 fully saturated rings. The van der Waals surface area contributed by atoms with Crippen LogP contribution in [0.15, 0.2) is 49.6 Å². The summed E-state index contributed by atoms with van der Waals surface area (Å²) < 4.78 is 17.0. The van der Waals surface area contributed by atoms with Crippen molar-refractivity contribution in [2.24, 2.45) is 11.8 Å². The highest BCUT2D eigenvalue weighted by atomic mass is 16.6. The number of amides is 2. The van der Waals surface area contributed by atoms with E-state index in [1.165, 1.54) is 9.80 Å². The maximum atomic E-state index is 14.1. The molecule has 3 aliphatic rings. The van der Waals surface area contributed by atoms with Gasteiger partial charge in [0.15, 0.2) is 0 Å². The van der Waals surface area contributed by atoms with Crippen LogP contribution in [0.5, 0.6) is 5.75 Å². The molecule has 1 aromatic carbocycles. The smallest absolute Gasteiger partial charge is 0.312 e. The van der Waals surface area contributed by atoms with Gasteiger partial charge in [0.1, 0.15) is 17.4 Å². The Hall–Kier alpha value is -3.17. The molecule has 4 rings (SSSR count). The molecule has 3 heterocycles. The number of hydrogen-bond donors (Lipinski definition) is 1. The number of β-amino-alcohol motifs (C(OH)–C–C–N with tert-alkyl or cyclic N) is 1. The Morgan fingerprint density at radius 2 is 2.03 bits per heavy atom. The summed E-state index contributed by atoms with van der Waals surface area (Å²) in [5, 5.41) is 9.72. The summed E-state index contributed by atoms with van der Waals surface area (Å²) in [5.74, 6) is -2.17. The van der Waals surface area contributed by atoms with Gasteiger partial charge in [-0.1, -0.05) is 12.2 Å². The molecule has 2 unspecified atom stereocenters. The van der Waals surface area contributed by atoms with E-state index in [4.69, 9.17) is 14.2 Å². The van der Waals surface area contributed by atoms with Crippen molar-refractivity contribution in [1.29, 1.82) is 0 Å². The number of anilines is 1. The highest BCUT2D eigenvalue weighted by molar-refractivity contribution is 6.04. The average molecular weight is 485 g/mol. The maximum absolute atomic E-state index is 14.1. The summed E-state index contributed by atoms with van der Waals surface area (Å²) in [6.45, 7) is 7.44. The SMILES string of the molecule is C=CCCOC(=O)[C@@H]1[C@H]2C(=O)N(CCO)C(C(=O)N(CC=C)c3ccc(OC)cc3)C23CC[C@H]1O3. The number of hydrogen-bond acceptors (Lipinski definition) is 7. The van der Waals surface area contributed by atoms with Gasteiger partial charge in [-0.2, -0.15) is 0 Å². The lowest BCUT2D eigenvalue weighted by Gasteiger charge is -2.36. The van der Waals surface area contributed by atoms with E-state index in [9.17, 15) is 19.5 Å². The van der Waals surface area contributed by atoms with Crippen LogP contribution in [0, 0.1) is 11.8 Å². The summed E-state index contributed by atoms with van der Waals surface area (Å²) in [6.07, 6.45) is 4.29. The van der Waals surface area contributed by atoms with Crippen LogP contribution in [-0.4, -0.2) is 79.0 Å². The zero-order valence-corrected chi connectivity index (χ0v) is 19.9. The van der Waals surface area contributed by atoms with Gasteiger partial charge in [-0.05, 0) is 43.5 Å². The number of nitrogens with zero attached hydrogens (tertiary/aromatic N) is 2. The van der Waals surface area contributed by atoms with E-state index in [0.717, 1.165) is 0 Å². The van der Waals surface area contributed by atoms with E-state index in [0.29, 0.717) is 30.7 Å². The Morgan fingerprint density at radius 3 is 2.66 bits per heavy atom. The number of rotatable bonds is 11. The van der Waals surface area contributed by atoms with Crippen molar-refractivity contribution in [2.75, 3.05) is 38.3 Å². The van der Waals surface area contributed by atoms with E-state index in [1.807, 2.05) is 0 Å². The molecule has 1 N–H and O–H groups in total. The van der Waals surface area contributed by atoms with Gasteiger partial charge in [0.25, 0.3) is 5.91 Å². The first-order valence-electron chi connectivity index (χ1n) is 11.9. The summed E-state index contributed by atoms with van der Waals surface area (Å²) in [6, 6.07) is 6.03. The first kappa shape index (κ1) is 24.9. The number of esters is 1. The first-order chi connectivity index (χ1) is 16.9. The zero-order valence-electron chi connectivity index (χ0n) is 19.9. The monoisotopic (exact) mass is 484 g/mol. The highest BCUT2D eigenvalue weighted by Crippen LogP contribution is 2.58. The number of fused-ring (bicyclic) bond motifs is 1. The van der Waals surface area contributed by atoms with Gasteiger partial charge in [0.05, 0.1) is 38.3 Å². The standard InChI is InChI=1S/C26H32N2O7/c1-4-6-16-34-25(32)20-19-11-12-26(35-19)21(20)23(30)28(14-15-29)22(26)24(31)27(13-5-2)17-7-9-18(33-3)10-8-17/h4-5,7-10,19-22,29H,1-2,6,11-16H2,3H3/t19-,20+,21+,22?,26?/m1/s1. The molecular formula is C26H32N2O7. The van der Waals surface area contributed by atoms with Crippen LogP contribution in [0.2, 0.25) is 0 Å². The van der Waals surface area contributed by atoms with Crippen LogP contribution >= 0.6 is 0 Å². The van der Waals surface area contributed by atoms with E-state index < -0.39 is 35.6 Å². The predicted molar refractivity (Wildman–Crippen MR) is 128 cm³/mol. The molecule has 2 bridgehead atoms. The fourth-order valence-corrected chi connectivity index (χ4v) is 5.75. The maximum Gasteiger partial charge on any atom is 0.312 e. The molecule has 0 saturated carbocycles. The number of methoxy groups -OCH3 is 1. The number of aliphatic hydroxyl groups is 1. The van der Waals surface area contributed by atoms with Gasteiger partial charge in [-0.3, -0.25) is 14.4 Å². The third-order valence-corrected chi connectivity index (χ3v) is 7.18. The molecule has 3 saturated heterocycles. The van der Waals surface area contributed by atoms with Crippen LogP contribution in [-0.2, 0) is 23.9 Å². The normalized spacial score (nSPS) is 28.5. The van der Waals surface area contributed by atoms with E-state index in [2.05, 4.69) is 13.2 Å². The molecule has 35 heavy (non-hydrogen) atoms. The number of ether oxygens (including phenoxy) is 3. The molecule has 0 aliphatic carbocycles. The molecule has 5 atom stereocenters. The fraction of sp³-hybridized carbons (Fsp3) is 0.500. The summed E-state index contributed by atoms with van der Waals surface area (Å²) in [5.41, 5.74) is -0.540. The van der Waals surface area contributed by atoms with Crippen molar-refractivity contribution < 1.29 is 33.7 Å². The Morgan fingerprint density at radius 1 is 1.29 bits per heavy atom. The second kappa shape index (κ2) is 10.2. The van der Waals surface area contributed by atoms with E-state index in [1.54, 1.807) is 43.5 Å². The third kappa shape index (κ3) is 4.12. The quantitative estimate of drug-likeness (QED) is 0.290. The van der Waals surface area contributed by atoms with Crippen LogP contribution in [0.3, 0.4) is 0 Å². The number of carbonyl (C=O) groups excluding carboxylic acids is 3. The van der Waals surface area contributed by atoms with Gasteiger partial charge in [-0.25, -0.2) is 0 Å². The van der Waals surface area contributed by atoms with Crippen molar-refractivity contribution in [3.8, 4) is 5.75 Å². The zero-order chi connectivity index (χ0) is 25.2. The van der Waals surface area contributed by atoms with E-state index >= 15 is 0 Å². The molecule has 3 aliphatic heterocycles. The van der Waals surface area contributed by atoms with Crippen LogP contribution in [0.4, 0.5) is 5.69 Å². The molecular weight excluding hydrogens is 452 g/mol. The van der Waals surface area contributed by atoms with Crippen molar-refractivity contribution in [3.63, 3.8) is 0 Å². The van der Waals surface area contributed by atoms with Gasteiger partial charge in [0, 0.05) is 18.8 Å². The minimum absolute atomic E-state index is 0.0374. The molecule has 9 heteroatoms. The Balaban J connectivity index is 1.69. The minimum atomic E-state index is -1.15. The van der Waals surface area contributed by atoms with Crippen molar-refractivity contribution in [2.45, 2.75) is 37.0 Å². The average Bonchev–Trinajstić information content (AvgIpc) is 3.50. The molecule has 1 spiro atoms. The Bertz CT molecular complexity index is 994. The second-order valence-corrected chi connectivity index (χ2v) is 8.99. The minimum Gasteiger partial charge on any atom is -0.497 e. The van der Waals surface area contributed by atoms with E-state index in [-0.39, 0.29) is 38.1 Å². The summed E-state index contributed by atoms with van der Waals surface area (Å²) in [7, 11) is 1.56. The topological polar surface area (TPSA) is 106 Å². The fourth-order valence-electron chi connectivity index (χ4n) is 5.75. The number of benzene rings is 1. The second-order valence-electron chi connectivity index (χ2n) is 8.99. The van der Waals surface area contributed by atoms with Crippen molar-refractivity contribution in [3.05, 3.63) is 49.6 Å². The molecule has 2 amide bonds.